The van der Waals surface area contributed by atoms with Gasteiger partial charge in [0, 0.05) is 29.6 Å². The van der Waals surface area contributed by atoms with Crippen LogP contribution < -0.4 is 14.8 Å². The molecule has 6 nitrogen and oxygen atoms in total. The number of aryl methyl sites for hydroxylation is 1. The van der Waals surface area contributed by atoms with E-state index >= 15 is 0 Å². The van der Waals surface area contributed by atoms with Crippen LogP contribution in [-0.4, -0.2) is 28.4 Å². The van der Waals surface area contributed by atoms with Crippen LogP contribution in [0.1, 0.15) is 48.1 Å². The van der Waals surface area contributed by atoms with Crippen LogP contribution in [0.3, 0.4) is 0 Å². The average Bonchev–Trinajstić information content (AvgIpc) is 3.16. The van der Waals surface area contributed by atoms with Crippen LogP contribution in [0.15, 0.2) is 42.5 Å². The zero-order valence-corrected chi connectivity index (χ0v) is 18.7. The SMILES string of the molecule is COc1cccc(Cc2nsc(Oc3cc(C(=O)N[C@@H](C)C(C)C)ccc3C)n2)c1. The monoisotopic (exact) mass is 425 g/mol. The van der Waals surface area contributed by atoms with Crippen molar-refractivity contribution in [2.75, 3.05) is 7.11 Å². The first-order valence-electron chi connectivity index (χ1n) is 9.90. The maximum atomic E-state index is 12.5. The van der Waals surface area contributed by atoms with E-state index in [4.69, 9.17) is 9.47 Å². The molecule has 0 fully saturated rings. The first kappa shape index (κ1) is 21.8. The summed E-state index contributed by atoms with van der Waals surface area (Å²) >= 11 is 1.20. The molecule has 1 N–H and O–H groups in total. The minimum Gasteiger partial charge on any atom is -0.497 e. The van der Waals surface area contributed by atoms with E-state index in [0.29, 0.717) is 34.7 Å². The lowest BCUT2D eigenvalue weighted by Gasteiger charge is -2.17. The third kappa shape index (κ3) is 5.57. The van der Waals surface area contributed by atoms with E-state index in [-0.39, 0.29) is 11.9 Å². The van der Waals surface area contributed by atoms with Crippen LogP contribution in [0.25, 0.3) is 0 Å². The van der Waals surface area contributed by atoms with Gasteiger partial charge in [0.25, 0.3) is 11.1 Å². The lowest BCUT2D eigenvalue weighted by Crippen LogP contribution is -2.36. The molecule has 1 amide bonds. The van der Waals surface area contributed by atoms with Gasteiger partial charge < -0.3 is 14.8 Å². The molecule has 0 radical (unpaired) electrons. The van der Waals surface area contributed by atoms with E-state index in [2.05, 4.69) is 28.5 Å². The van der Waals surface area contributed by atoms with Crippen molar-refractivity contribution < 1.29 is 14.3 Å². The fourth-order valence-corrected chi connectivity index (χ4v) is 3.28. The lowest BCUT2D eigenvalue weighted by molar-refractivity contribution is 0.0930. The summed E-state index contributed by atoms with van der Waals surface area (Å²) < 4.78 is 15.6. The number of carbonyl (C=O) groups is 1. The van der Waals surface area contributed by atoms with Crippen LogP contribution in [0.2, 0.25) is 0 Å². The summed E-state index contributed by atoms with van der Waals surface area (Å²) in [5.74, 6) is 2.33. The van der Waals surface area contributed by atoms with E-state index < -0.39 is 0 Å². The number of amides is 1. The van der Waals surface area contributed by atoms with E-state index in [1.807, 2.05) is 44.2 Å². The molecular weight excluding hydrogens is 398 g/mol. The molecule has 30 heavy (non-hydrogen) atoms. The van der Waals surface area contributed by atoms with Crippen molar-refractivity contribution in [2.24, 2.45) is 5.92 Å². The van der Waals surface area contributed by atoms with Gasteiger partial charge in [-0.2, -0.15) is 9.36 Å². The molecule has 0 aliphatic carbocycles. The predicted octanol–water partition coefficient (Wildman–Crippen LogP) is 5.01. The summed E-state index contributed by atoms with van der Waals surface area (Å²) in [6.45, 7) is 8.09. The van der Waals surface area contributed by atoms with Crippen molar-refractivity contribution in [3.8, 4) is 16.7 Å². The van der Waals surface area contributed by atoms with Crippen LogP contribution in [0.5, 0.6) is 16.7 Å². The van der Waals surface area contributed by atoms with Gasteiger partial charge in [0.2, 0.25) is 0 Å². The fourth-order valence-electron chi connectivity index (χ4n) is 2.72. The number of hydrogen-bond donors (Lipinski definition) is 1. The van der Waals surface area contributed by atoms with Crippen LogP contribution >= 0.6 is 11.5 Å². The van der Waals surface area contributed by atoms with E-state index in [1.54, 1.807) is 19.2 Å². The van der Waals surface area contributed by atoms with Gasteiger partial charge in [-0.15, -0.1) is 0 Å². The second-order valence-electron chi connectivity index (χ2n) is 7.59. The van der Waals surface area contributed by atoms with E-state index in [0.717, 1.165) is 16.9 Å². The second kappa shape index (κ2) is 9.71. The number of ether oxygens (including phenoxy) is 2. The van der Waals surface area contributed by atoms with Gasteiger partial charge in [0.15, 0.2) is 5.82 Å². The summed E-state index contributed by atoms with van der Waals surface area (Å²) in [4.78, 5) is 17.0. The molecule has 7 heteroatoms. The Labute approximate surface area is 181 Å². The Balaban J connectivity index is 1.71. The summed E-state index contributed by atoms with van der Waals surface area (Å²) in [6.07, 6.45) is 0.589. The Bertz CT molecular complexity index is 1020. The number of aromatic nitrogens is 2. The molecule has 0 saturated carbocycles. The normalized spacial score (nSPS) is 11.9. The molecule has 0 spiro atoms. The Morgan fingerprint density at radius 3 is 2.70 bits per heavy atom. The Morgan fingerprint density at radius 2 is 1.97 bits per heavy atom. The Hall–Kier alpha value is -2.93. The number of nitrogens with zero attached hydrogens (tertiary/aromatic N) is 2. The third-order valence-electron chi connectivity index (χ3n) is 4.95. The summed E-state index contributed by atoms with van der Waals surface area (Å²) in [5.41, 5.74) is 2.55. The molecule has 158 valence electrons. The predicted molar refractivity (Wildman–Crippen MR) is 119 cm³/mol. The zero-order chi connectivity index (χ0) is 21.7. The van der Waals surface area contributed by atoms with Gasteiger partial charge in [0.05, 0.1) is 7.11 Å². The molecule has 1 atom stereocenters. The largest absolute Gasteiger partial charge is 0.497 e. The smallest absolute Gasteiger partial charge is 0.298 e. The molecule has 0 saturated heterocycles. The number of benzene rings is 2. The zero-order valence-electron chi connectivity index (χ0n) is 17.9. The van der Waals surface area contributed by atoms with Gasteiger partial charge in [0.1, 0.15) is 11.5 Å². The highest BCUT2D eigenvalue weighted by molar-refractivity contribution is 7.07. The van der Waals surface area contributed by atoms with Crippen molar-refractivity contribution in [1.82, 2.24) is 14.7 Å². The topological polar surface area (TPSA) is 73.3 Å². The molecule has 3 aromatic rings. The van der Waals surface area contributed by atoms with Crippen molar-refractivity contribution in [3.05, 3.63) is 65.0 Å². The second-order valence-corrected chi connectivity index (χ2v) is 8.31. The van der Waals surface area contributed by atoms with Crippen LogP contribution in [0.4, 0.5) is 0 Å². The molecule has 2 aromatic carbocycles. The van der Waals surface area contributed by atoms with Crippen molar-refractivity contribution in [3.63, 3.8) is 0 Å². The molecule has 3 rings (SSSR count). The van der Waals surface area contributed by atoms with Gasteiger partial charge in [-0.25, -0.2) is 0 Å². The number of rotatable bonds is 8. The fraction of sp³-hybridized carbons (Fsp3) is 0.348. The molecule has 0 bridgehead atoms. The highest BCUT2D eigenvalue weighted by Gasteiger charge is 2.15. The Kier molecular flexibility index (Phi) is 7.05. The summed E-state index contributed by atoms with van der Waals surface area (Å²) in [5, 5.41) is 3.47. The first-order chi connectivity index (χ1) is 14.4. The molecular formula is C23H27N3O3S. The van der Waals surface area contributed by atoms with Crippen molar-refractivity contribution in [2.45, 2.75) is 40.2 Å². The van der Waals surface area contributed by atoms with Gasteiger partial charge >= 0.3 is 0 Å². The minimum absolute atomic E-state index is 0.0884. The van der Waals surface area contributed by atoms with Crippen LogP contribution in [-0.2, 0) is 6.42 Å². The van der Waals surface area contributed by atoms with Gasteiger partial charge in [-0.3, -0.25) is 4.79 Å². The van der Waals surface area contributed by atoms with Crippen LogP contribution in [0, 0.1) is 12.8 Å². The first-order valence-corrected chi connectivity index (χ1v) is 10.7. The summed E-state index contributed by atoms with van der Waals surface area (Å²) in [6, 6.07) is 13.3. The average molecular weight is 426 g/mol. The number of nitrogens with one attached hydrogen (secondary N) is 1. The van der Waals surface area contributed by atoms with Gasteiger partial charge in [-0.1, -0.05) is 32.0 Å². The minimum atomic E-state index is -0.114. The van der Waals surface area contributed by atoms with E-state index in [1.165, 1.54) is 11.5 Å². The Morgan fingerprint density at radius 1 is 1.17 bits per heavy atom. The van der Waals surface area contributed by atoms with E-state index in [9.17, 15) is 4.79 Å². The third-order valence-corrected chi connectivity index (χ3v) is 5.59. The molecule has 0 aliphatic heterocycles. The summed E-state index contributed by atoms with van der Waals surface area (Å²) in [7, 11) is 1.65. The molecule has 1 heterocycles. The molecule has 1 aromatic heterocycles. The van der Waals surface area contributed by atoms with Crippen molar-refractivity contribution >= 4 is 17.4 Å². The molecule has 0 aliphatic rings. The quantitative estimate of drug-likeness (QED) is 0.549. The standard InChI is InChI=1S/C23H27N3O3S/c1-14(2)16(4)24-22(27)18-10-9-15(3)20(13-18)29-23-25-21(26-30-23)12-17-7-6-8-19(11-17)28-5/h6-11,13-14,16H,12H2,1-5H3,(H,24,27)/t16-/m0/s1. The van der Waals surface area contributed by atoms with Crippen molar-refractivity contribution in [1.29, 1.82) is 0 Å². The number of methoxy groups -OCH3 is 1. The maximum Gasteiger partial charge on any atom is 0.298 e. The highest BCUT2D eigenvalue weighted by atomic mass is 32.1. The maximum absolute atomic E-state index is 12.5. The lowest BCUT2D eigenvalue weighted by atomic mass is 10.1. The molecule has 0 unspecified atom stereocenters. The van der Waals surface area contributed by atoms with Gasteiger partial charge in [-0.05, 0) is 55.2 Å². The number of hydrogen-bond acceptors (Lipinski definition) is 6. The number of carbonyl (C=O) groups excluding carboxylic acids is 1. The highest BCUT2D eigenvalue weighted by Crippen LogP contribution is 2.28.